The minimum Gasteiger partial charge on any atom is -0.304 e. The molecular weight excluding hydrogens is 240 g/mol. The number of aromatic nitrogens is 1. The summed E-state index contributed by atoms with van der Waals surface area (Å²) >= 11 is 1.81. The fourth-order valence-electron chi connectivity index (χ4n) is 1.99. The summed E-state index contributed by atoms with van der Waals surface area (Å²) in [6.07, 6.45) is 4.16. The maximum atomic E-state index is 4.44. The SMILES string of the molecule is CCc1cnc(CNC(CC)c2ccccc2)s1. The lowest BCUT2D eigenvalue weighted by molar-refractivity contribution is 0.518. The highest BCUT2D eigenvalue weighted by Gasteiger charge is 2.09. The number of thiazole rings is 1. The molecule has 1 N–H and O–H groups in total. The van der Waals surface area contributed by atoms with E-state index in [0.29, 0.717) is 6.04 Å². The van der Waals surface area contributed by atoms with Gasteiger partial charge in [-0.25, -0.2) is 4.98 Å². The fraction of sp³-hybridized carbons (Fsp3) is 0.400. The van der Waals surface area contributed by atoms with Crippen molar-refractivity contribution in [2.75, 3.05) is 0 Å². The van der Waals surface area contributed by atoms with E-state index in [1.807, 2.05) is 6.20 Å². The topological polar surface area (TPSA) is 24.9 Å². The van der Waals surface area contributed by atoms with Crippen LogP contribution in [0.15, 0.2) is 36.5 Å². The first kappa shape index (κ1) is 13.2. The molecule has 0 aliphatic heterocycles. The van der Waals surface area contributed by atoms with Crippen LogP contribution in [0.3, 0.4) is 0 Å². The summed E-state index contributed by atoms with van der Waals surface area (Å²) in [6.45, 7) is 5.24. The molecule has 0 spiro atoms. The lowest BCUT2D eigenvalue weighted by Crippen LogP contribution is -2.20. The van der Waals surface area contributed by atoms with Crippen molar-refractivity contribution in [3.05, 3.63) is 52.0 Å². The van der Waals surface area contributed by atoms with Gasteiger partial charge in [0.1, 0.15) is 5.01 Å². The maximum Gasteiger partial charge on any atom is 0.107 e. The van der Waals surface area contributed by atoms with Gasteiger partial charge in [0.25, 0.3) is 0 Å². The molecule has 0 fully saturated rings. The zero-order valence-electron chi connectivity index (χ0n) is 11.0. The third-order valence-electron chi connectivity index (χ3n) is 3.06. The van der Waals surface area contributed by atoms with Crippen LogP contribution in [0.5, 0.6) is 0 Å². The molecule has 0 saturated carbocycles. The second-order valence-corrected chi connectivity index (χ2v) is 5.53. The van der Waals surface area contributed by atoms with Crippen molar-refractivity contribution in [1.82, 2.24) is 10.3 Å². The molecule has 3 heteroatoms. The van der Waals surface area contributed by atoms with Crippen LogP contribution in [0.2, 0.25) is 0 Å². The molecule has 18 heavy (non-hydrogen) atoms. The van der Waals surface area contributed by atoms with E-state index >= 15 is 0 Å². The van der Waals surface area contributed by atoms with E-state index in [1.165, 1.54) is 15.4 Å². The summed E-state index contributed by atoms with van der Waals surface area (Å²) in [7, 11) is 0. The molecule has 0 aliphatic rings. The average Bonchev–Trinajstić information content (AvgIpc) is 2.89. The van der Waals surface area contributed by atoms with E-state index < -0.39 is 0 Å². The van der Waals surface area contributed by atoms with Crippen LogP contribution < -0.4 is 5.32 Å². The van der Waals surface area contributed by atoms with Crippen LogP contribution in [0.1, 0.15) is 41.8 Å². The van der Waals surface area contributed by atoms with Gasteiger partial charge in [0.15, 0.2) is 0 Å². The van der Waals surface area contributed by atoms with Gasteiger partial charge in [-0.1, -0.05) is 44.2 Å². The molecule has 1 aromatic heterocycles. The van der Waals surface area contributed by atoms with Gasteiger partial charge >= 0.3 is 0 Å². The molecule has 0 radical (unpaired) electrons. The number of aryl methyl sites for hydroxylation is 1. The third kappa shape index (κ3) is 3.40. The van der Waals surface area contributed by atoms with Crippen molar-refractivity contribution < 1.29 is 0 Å². The smallest absolute Gasteiger partial charge is 0.107 e. The lowest BCUT2D eigenvalue weighted by atomic mass is 10.1. The minimum atomic E-state index is 0.417. The van der Waals surface area contributed by atoms with Crippen LogP contribution in [-0.4, -0.2) is 4.98 Å². The quantitative estimate of drug-likeness (QED) is 0.850. The van der Waals surface area contributed by atoms with Crippen molar-refractivity contribution in [3.63, 3.8) is 0 Å². The Kier molecular flexibility index (Phi) is 4.90. The molecule has 1 heterocycles. The highest BCUT2D eigenvalue weighted by atomic mass is 32.1. The van der Waals surface area contributed by atoms with Gasteiger partial charge in [0, 0.05) is 23.7 Å². The number of hydrogen-bond donors (Lipinski definition) is 1. The van der Waals surface area contributed by atoms with E-state index in [1.54, 1.807) is 11.3 Å². The van der Waals surface area contributed by atoms with Crippen molar-refractivity contribution in [1.29, 1.82) is 0 Å². The Morgan fingerprint density at radius 2 is 2.00 bits per heavy atom. The first-order valence-electron chi connectivity index (χ1n) is 6.55. The summed E-state index contributed by atoms with van der Waals surface area (Å²) in [5.41, 5.74) is 1.35. The van der Waals surface area contributed by atoms with Crippen molar-refractivity contribution >= 4 is 11.3 Å². The predicted octanol–water partition coefficient (Wildman–Crippen LogP) is 3.95. The number of benzene rings is 1. The molecule has 0 aliphatic carbocycles. The summed E-state index contributed by atoms with van der Waals surface area (Å²) in [4.78, 5) is 5.80. The fourth-order valence-corrected chi connectivity index (χ4v) is 2.80. The van der Waals surface area contributed by atoms with Crippen LogP contribution in [0.25, 0.3) is 0 Å². The third-order valence-corrected chi connectivity index (χ3v) is 4.20. The minimum absolute atomic E-state index is 0.417. The van der Waals surface area contributed by atoms with Crippen molar-refractivity contribution in [2.45, 2.75) is 39.3 Å². The molecule has 0 amide bonds. The lowest BCUT2D eigenvalue weighted by Gasteiger charge is -2.16. The molecule has 0 bridgehead atoms. The summed E-state index contributed by atoms with van der Waals surface area (Å²) in [5.74, 6) is 0. The molecule has 2 rings (SSSR count). The average molecular weight is 260 g/mol. The number of nitrogens with one attached hydrogen (secondary N) is 1. The molecule has 2 nitrogen and oxygen atoms in total. The Balaban J connectivity index is 1.95. The van der Waals surface area contributed by atoms with Crippen molar-refractivity contribution in [2.24, 2.45) is 0 Å². The van der Waals surface area contributed by atoms with Gasteiger partial charge < -0.3 is 5.32 Å². The summed E-state index contributed by atoms with van der Waals surface area (Å²) in [5, 5.41) is 4.77. The zero-order chi connectivity index (χ0) is 12.8. The summed E-state index contributed by atoms with van der Waals surface area (Å²) in [6, 6.07) is 11.0. The standard InChI is InChI=1S/C15H20N2S/c1-3-13-10-17-15(18-13)11-16-14(4-2)12-8-6-5-7-9-12/h5-10,14,16H,3-4,11H2,1-2H3. The van der Waals surface area contributed by atoms with Gasteiger partial charge in [-0.2, -0.15) is 0 Å². The van der Waals surface area contributed by atoms with Gasteiger partial charge in [-0.3, -0.25) is 0 Å². The van der Waals surface area contributed by atoms with E-state index in [0.717, 1.165) is 19.4 Å². The Labute approximate surface area is 113 Å². The largest absolute Gasteiger partial charge is 0.304 e. The predicted molar refractivity (Wildman–Crippen MR) is 77.8 cm³/mol. The zero-order valence-corrected chi connectivity index (χ0v) is 11.8. The molecule has 0 saturated heterocycles. The first-order valence-corrected chi connectivity index (χ1v) is 7.37. The first-order chi connectivity index (χ1) is 8.83. The number of nitrogens with zero attached hydrogens (tertiary/aromatic N) is 1. The number of rotatable bonds is 6. The Morgan fingerprint density at radius 1 is 1.22 bits per heavy atom. The van der Waals surface area contributed by atoms with E-state index in [-0.39, 0.29) is 0 Å². The molecule has 96 valence electrons. The second-order valence-electron chi connectivity index (χ2n) is 4.33. The van der Waals surface area contributed by atoms with Gasteiger partial charge in [-0.05, 0) is 18.4 Å². The molecule has 1 aromatic carbocycles. The summed E-state index contributed by atoms with van der Waals surface area (Å²) < 4.78 is 0. The van der Waals surface area contributed by atoms with E-state index in [9.17, 15) is 0 Å². The molecule has 2 aromatic rings. The Hall–Kier alpha value is -1.19. The molecule has 1 atom stereocenters. The van der Waals surface area contributed by atoms with Crippen LogP contribution >= 0.6 is 11.3 Å². The van der Waals surface area contributed by atoms with Crippen LogP contribution in [0.4, 0.5) is 0 Å². The van der Waals surface area contributed by atoms with Gasteiger partial charge in [0.2, 0.25) is 0 Å². The molecular formula is C15H20N2S. The monoisotopic (exact) mass is 260 g/mol. The van der Waals surface area contributed by atoms with Gasteiger partial charge in [-0.15, -0.1) is 11.3 Å². The highest BCUT2D eigenvalue weighted by Crippen LogP contribution is 2.18. The van der Waals surface area contributed by atoms with Crippen LogP contribution in [-0.2, 0) is 13.0 Å². The van der Waals surface area contributed by atoms with E-state index in [2.05, 4.69) is 54.5 Å². The normalized spacial score (nSPS) is 12.6. The maximum absolute atomic E-state index is 4.44. The van der Waals surface area contributed by atoms with Crippen LogP contribution in [0, 0.1) is 0 Å². The van der Waals surface area contributed by atoms with E-state index in [4.69, 9.17) is 0 Å². The Bertz CT molecular complexity index is 464. The number of hydrogen-bond acceptors (Lipinski definition) is 3. The molecule has 1 unspecified atom stereocenters. The Morgan fingerprint density at radius 3 is 2.61 bits per heavy atom. The van der Waals surface area contributed by atoms with Gasteiger partial charge in [0.05, 0.1) is 0 Å². The van der Waals surface area contributed by atoms with Crippen molar-refractivity contribution in [3.8, 4) is 0 Å². The highest BCUT2D eigenvalue weighted by molar-refractivity contribution is 7.11. The second kappa shape index (κ2) is 6.66.